The summed E-state index contributed by atoms with van der Waals surface area (Å²) in [4.78, 5) is 2.56. The van der Waals surface area contributed by atoms with E-state index in [1.807, 2.05) is 0 Å². The lowest BCUT2D eigenvalue weighted by Gasteiger charge is -2.42. The van der Waals surface area contributed by atoms with Gasteiger partial charge in [-0.05, 0) is 40.0 Å². The van der Waals surface area contributed by atoms with Crippen molar-refractivity contribution in [2.45, 2.75) is 67.0 Å². The molecule has 0 bridgehead atoms. The van der Waals surface area contributed by atoms with E-state index in [2.05, 4.69) is 60.3 Å². The molecule has 0 aromatic carbocycles. The first kappa shape index (κ1) is 13.0. The van der Waals surface area contributed by atoms with Gasteiger partial charge in [0, 0.05) is 18.1 Å². The molecule has 0 unspecified atom stereocenters. The third-order valence-corrected chi connectivity index (χ3v) is 2.13. The van der Waals surface area contributed by atoms with Crippen molar-refractivity contribution in [3.05, 3.63) is 0 Å². The van der Waals surface area contributed by atoms with Gasteiger partial charge in [0.05, 0.1) is 0 Å². The Hall–Kier alpha value is -0.0400. The Morgan fingerprint density at radius 1 is 0.923 bits per heavy atom. The van der Waals surface area contributed by atoms with Crippen molar-refractivity contribution in [2.24, 2.45) is 5.41 Å². The lowest BCUT2D eigenvalue weighted by atomic mass is 9.92. The van der Waals surface area contributed by atoms with E-state index in [1.54, 1.807) is 0 Å². The second-order valence-electron chi connectivity index (χ2n) is 6.45. The first-order chi connectivity index (χ1) is 5.54. The zero-order valence-electron chi connectivity index (χ0n) is 10.7. The molecule has 0 spiro atoms. The predicted octanol–water partition coefficient (Wildman–Crippen LogP) is 3.54. The van der Waals surface area contributed by atoms with Gasteiger partial charge in [-0.25, -0.2) is 0 Å². The van der Waals surface area contributed by atoms with E-state index in [0.717, 1.165) is 6.54 Å². The van der Waals surface area contributed by atoms with Crippen LogP contribution in [0.2, 0.25) is 0 Å². The van der Waals surface area contributed by atoms with E-state index in [4.69, 9.17) is 0 Å². The maximum atomic E-state index is 2.56. The molecular formula is C12H27N. The van der Waals surface area contributed by atoms with Gasteiger partial charge >= 0.3 is 0 Å². The molecule has 0 saturated heterocycles. The van der Waals surface area contributed by atoms with Crippen LogP contribution in [0, 0.1) is 5.41 Å². The molecule has 0 aliphatic rings. The Kier molecular flexibility index (Phi) is 3.98. The summed E-state index contributed by atoms with van der Waals surface area (Å²) in [6.45, 7) is 19.5. The Balaban J connectivity index is 4.47. The van der Waals surface area contributed by atoms with E-state index in [0.29, 0.717) is 11.5 Å². The average Bonchev–Trinajstić information content (AvgIpc) is 1.77. The molecule has 0 amide bonds. The molecule has 0 aliphatic heterocycles. The molecule has 1 heteroatoms. The summed E-state index contributed by atoms with van der Waals surface area (Å²) in [5.41, 5.74) is 0.666. The second kappa shape index (κ2) is 4.00. The minimum Gasteiger partial charge on any atom is -0.296 e. The van der Waals surface area contributed by atoms with Crippen LogP contribution in [-0.2, 0) is 0 Å². The van der Waals surface area contributed by atoms with Gasteiger partial charge in [0.1, 0.15) is 0 Å². The Morgan fingerprint density at radius 3 is 1.38 bits per heavy atom. The van der Waals surface area contributed by atoms with Crippen molar-refractivity contribution >= 4 is 0 Å². The summed E-state index contributed by atoms with van der Waals surface area (Å²) in [5, 5.41) is 0. The highest BCUT2D eigenvalue weighted by Gasteiger charge is 2.27. The molecule has 0 aromatic heterocycles. The molecule has 0 atom stereocenters. The fraction of sp³-hybridized carbons (Fsp3) is 1.00. The molecule has 80 valence electrons. The molecule has 0 fully saturated rings. The molecule has 0 aliphatic carbocycles. The van der Waals surface area contributed by atoms with Crippen LogP contribution in [0.5, 0.6) is 0 Å². The van der Waals surface area contributed by atoms with Crippen LogP contribution in [0.1, 0.15) is 55.4 Å². The van der Waals surface area contributed by atoms with Crippen LogP contribution < -0.4 is 0 Å². The SMILES string of the molecule is CC(C)N(CC(C)(C)C)C(C)(C)C. The molecule has 0 rings (SSSR count). The monoisotopic (exact) mass is 185 g/mol. The van der Waals surface area contributed by atoms with Gasteiger partial charge < -0.3 is 0 Å². The van der Waals surface area contributed by atoms with Crippen molar-refractivity contribution in [3.8, 4) is 0 Å². The van der Waals surface area contributed by atoms with Gasteiger partial charge in [-0.1, -0.05) is 20.8 Å². The molecule has 0 saturated carbocycles. The molecule has 1 nitrogen and oxygen atoms in total. The third kappa shape index (κ3) is 5.30. The van der Waals surface area contributed by atoms with Crippen LogP contribution in [0.25, 0.3) is 0 Å². The second-order valence-corrected chi connectivity index (χ2v) is 6.45. The highest BCUT2D eigenvalue weighted by molar-refractivity contribution is 4.82. The average molecular weight is 185 g/mol. The summed E-state index contributed by atoms with van der Waals surface area (Å²) >= 11 is 0. The molecular weight excluding hydrogens is 158 g/mol. The van der Waals surface area contributed by atoms with Gasteiger partial charge in [0.25, 0.3) is 0 Å². The third-order valence-electron chi connectivity index (χ3n) is 2.13. The predicted molar refractivity (Wildman–Crippen MR) is 61.1 cm³/mol. The van der Waals surface area contributed by atoms with Crippen molar-refractivity contribution in [1.29, 1.82) is 0 Å². The molecule has 0 aromatic rings. The smallest absolute Gasteiger partial charge is 0.0127 e. The van der Waals surface area contributed by atoms with E-state index in [1.165, 1.54) is 0 Å². The maximum absolute atomic E-state index is 2.56. The van der Waals surface area contributed by atoms with Gasteiger partial charge in [-0.3, -0.25) is 4.90 Å². The highest BCUT2D eigenvalue weighted by atomic mass is 15.2. The molecule has 0 N–H and O–H groups in total. The van der Waals surface area contributed by atoms with Crippen molar-refractivity contribution in [3.63, 3.8) is 0 Å². The lowest BCUT2D eigenvalue weighted by molar-refractivity contribution is 0.0601. The lowest BCUT2D eigenvalue weighted by Crippen LogP contribution is -2.49. The standard InChI is InChI=1S/C12H27N/c1-10(2)13(12(6,7)8)9-11(3,4)5/h10H,9H2,1-8H3. The quantitative estimate of drug-likeness (QED) is 0.636. The van der Waals surface area contributed by atoms with Crippen LogP contribution >= 0.6 is 0 Å². The highest BCUT2D eigenvalue weighted by Crippen LogP contribution is 2.24. The minimum atomic E-state index is 0.279. The first-order valence-corrected chi connectivity index (χ1v) is 5.31. The number of hydrogen-bond acceptors (Lipinski definition) is 1. The summed E-state index contributed by atoms with van der Waals surface area (Å²) in [6.07, 6.45) is 0. The Labute approximate surface area is 84.5 Å². The fourth-order valence-electron chi connectivity index (χ4n) is 1.71. The van der Waals surface area contributed by atoms with E-state index < -0.39 is 0 Å². The zero-order valence-corrected chi connectivity index (χ0v) is 10.7. The Morgan fingerprint density at radius 2 is 1.31 bits per heavy atom. The molecule has 0 radical (unpaired) electrons. The van der Waals surface area contributed by atoms with Crippen LogP contribution in [0.4, 0.5) is 0 Å². The zero-order chi connectivity index (χ0) is 10.9. The summed E-state index contributed by atoms with van der Waals surface area (Å²) in [5.74, 6) is 0. The van der Waals surface area contributed by atoms with Gasteiger partial charge in [0.2, 0.25) is 0 Å². The largest absolute Gasteiger partial charge is 0.296 e. The van der Waals surface area contributed by atoms with Crippen molar-refractivity contribution in [1.82, 2.24) is 4.90 Å². The number of rotatable bonds is 2. The Bertz CT molecular complexity index is 145. The van der Waals surface area contributed by atoms with Crippen LogP contribution in [0.15, 0.2) is 0 Å². The van der Waals surface area contributed by atoms with Gasteiger partial charge in [0.15, 0.2) is 0 Å². The number of hydrogen-bond donors (Lipinski definition) is 0. The molecule has 0 heterocycles. The maximum Gasteiger partial charge on any atom is 0.0127 e. The van der Waals surface area contributed by atoms with E-state index in [9.17, 15) is 0 Å². The van der Waals surface area contributed by atoms with Crippen molar-refractivity contribution < 1.29 is 0 Å². The van der Waals surface area contributed by atoms with Crippen LogP contribution in [-0.4, -0.2) is 23.0 Å². The van der Waals surface area contributed by atoms with Gasteiger partial charge in [-0.15, -0.1) is 0 Å². The summed E-state index contributed by atoms with van der Waals surface area (Å²) in [6, 6.07) is 0.624. The minimum absolute atomic E-state index is 0.279. The normalized spacial score (nSPS) is 14.3. The number of nitrogens with zero attached hydrogens (tertiary/aromatic N) is 1. The summed E-state index contributed by atoms with van der Waals surface area (Å²) in [7, 11) is 0. The molecule has 13 heavy (non-hydrogen) atoms. The summed E-state index contributed by atoms with van der Waals surface area (Å²) < 4.78 is 0. The topological polar surface area (TPSA) is 3.24 Å². The first-order valence-electron chi connectivity index (χ1n) is 5.31. The van der Waals surface area contributed by atoms with Crippen LogP contribution in [0.3, 0.4) is 0 Å². The van der Waals surface area contributed by atoms with Crippen molar-refractivity contribution in [2.75, 3.05) is 6.54 Å². The van der Waals surface area contributed by atoms with E-state index >= 15 is 0 Å². The van der Waals surface area contributed by atoms with Gasteiger partial charge in [-0.2, -0.15) is 0 Å². The fourth-order valence-corrected chi connectivity index (χ4v) is 1.71. The van der Waals surface area contributed by atoms with E-state index in [-0.39, 0.29) is 5.54 Å².